The highest BCUT2D eigenvalue weighted by Crippen LogP contribution is 2.55. The van der Waals surface area contributed by atoms with E-state index < -0.39 is 0 Å². The largest absolute Gasteiger partial charge is 0.310 e. The summed E-state index contributed by atoms with van der Waals surface area (Å²) in [6, 6.07) is 76.5. The molecular weight excluding hydrogens is 749 g/mol. The third-order valence-electron chi connectivity index (χ3n) is 14.0. The van der Waals surface area contributed by atoms with Gasteiger partial charge >= 0.3 is 0 Å². The highest BCUT2D eigenvalue weighted by atomic mass is 15.1. The molecular formula is C60H46N2. The number of para-hydroxylation sites is 1. The van der Waals surface area contributed by atoms with E-state index in [1.807, 2.05) is 0 Å². The van der Waals surface area contributed by atoms with Crippen LogP contribution in [0.5, 0.6) is 0 Å². The minimum atomic E-state index is -0.106. The summed E-state index contributed by atoms with van der Waals surface area (Å²) in [6.07, 6.45) is 0. The van der Waals surface area contributed by atoms with Gasteiger partial charge in [-0.25, -0.2) is 0 Å². The molecule has 0 atom stereocenters. The highest BCUT2D eigenvalue weighted by molar-refractivity contribution is 6.13. The van der Waals surface area contributed by atoms with Crippen molar-refractivity contribution in [1.29, 1.82) is 0 Å². The number of fused-ring (bicyclic) bond motifs is 9. The van der Waals surface area contributed by atoms with Gasteiger partial charge in [0.05, 0.1) is 16.7 Å². The van der Waals surface area contributed by atoms with Gasteiger partial charge in [-0.05, 0) is 128 Å². The SMILES string of the molecule is CC1(C)c2ccccc2-c2cc3c4cc(-c5ccc(N(c6cccc(-c7ccccc7)c6)c6cccc7c6-c6ccccc6C7(C)C)cc5)ccc4n(-c4ccccc4)c3cc21. The first-order valence-electron chi connectivity index (χ1n) is 21.8. The van der Waals surface area contributed by atoms with Gasteiger partial charge in [0.25, 0.3) is 0 Å². The first kappa shape index (κ1) is 36.4. The third-order valence-corrected chi connectivity index (χ3v) is 14.0. The molecule has 0 amide bonds. The Morgan fingerprint density at radius 1 is 0.355 bits per heavy atom. The van der Waals surface area contributed by atoms with Gasteiger partial charge in [-0.15, -0.1) is 0 Å². The van der Waals surface area contributed by atoms with Crippen LogP contribution in [0.3, 0.4) is 0 Å². The van der Waals surface area contributed by atoms with Crippen molar-refractivity contribution in [3.05, 3.63) is 229 Å². The van der Waals surface area contributed by atoms with Gasteiger partial charge in [0.2, 0.25) is 0 Å². The van der Waals surface area contributed by atoms with E-state index in [2.05, 4.69) is 243 Å². The lowest BCUT2D eigenvalue weighted by molar-refractivity contribution is 0.660. The fraction of sp³-hybridized carbons (Fsp3) is 0.100. The summed E-state index contributed by atoms with van der Waals surface area (Å²) in [6.45, 7) is 9.45. The van der Waals surface area contributed by atoms with Crippen LogP contribution in [0.1, 0.15) is 49.9 Å². The molecule has 62 heavy (non-hydrogen) atoms. The molecule has 2 aliphatic carbocycles. The predicted molar refractivity (Wildman–Crippen MR) is 261 cm³/mol. The van der Waals surface area contributed by atoms with E-state index in [0.717, 1.165) is 11.4 Å². The molecule has 9 aromatic carbocycles. The number of nitrogens with zero attached hydrogens (tertiary/aromatic N) is 2. The number of benzene rings is 9. The summed E-state index contributed by atoms with van der Waals surface area (Å²) in [7, 11) is 0. The molecule has 2 heteroatoms. The molecule has 12 rings (SSSR count). The molecule has 0 saturated carbocycles. The smallest absolute Gasteiger partial charge is 0.0544 e. The Morgan fingerprint density at radius 2 is 0.919 bits per heavy atom. The zero-order valence-electron chi connectivity index (χ0n) is 35.5. The van der Waals surface area contributed by atoms with Crippen LogP contribution in [0.25, 0.3) is 72.0 Å². The van der Waals surface area contributed by atoms with Gasteiger partial charge < -0.3 is 9.47 Å². The lowest BCUT2D eigenvalue weighted by Crippen LogP contribution is -2.16. The Bertz CT molecular complexity index is 3390. The molecule has 0 fully saturated rings. The number of anilines is 3. The second-order valence-electron chi connectivity index (χ2n) is 18.2. The Labute approximate surface area is 364 Å². The summed E-state index contributed by atoms with van der Waals surface area (Å²) < 4.78 is 2.45. The maximum Gasteiger partial charge on any atom is 0.0544 e. The highest BCUT2D eigenvalue weighted by Gasteiger charge is 2.38. The number of hydrogen-bond donors (Lipinski definition) is 0. The van der Waals surface area contributed by atoms with Crippen LogP contribution in [-0.4, -0.2) is 4.57 Å². The van der Waals surface area contributed by atoms with Crippen molar-refractivity contribution in [3.8, 4) is 50.2 Å². The van der Waals surface area contributed by atoms with Crippen molar-refractivity contribution in [2.75, 3.05) is 4.90 Å². The lowest BCUT2D eigenvalue weighted by atomic mass is 9.82. The molecule has 0 radical (unpaired) electrons. The first-order valence-corrected chi connectivity index (χ1v) is 21.8. The standard InChI is InChI=1S/C60H46N2/c1-59(2)52-26-14-12-24-47(52)58-53(59)27-16-28-56(58)61(45-22-15-19-41(35-45)39-17-7-5-8-18-39)44-32-29-40(30-33-44)42-31-34-55-49(36-42)50-37-48-46-23-11-13-25-51(46)60(3,4)54(48)38-57(50)62(55)43-20-9-6-10-21-43/h5-38H,1-4H3. The van der Waals surface area contributed by atoms with Crippen LogP contribution in [0.4, 0.5) is 17.1 Å². The van der Waals surface area contributed by atoms with E-state index in [0.29, 0.717) is 0 Å². The second kappa shape index (κ2) is 13.5. The van der Waals surface area contributed by atoms with Crippen molar-refractivity contribution >= 4 is 38.9 Å². The average Bonchev–Trinajstić information content (AvgIpc) is 3.85. The van der Waals surface area contributed by atoms with Gasteiger partial charge in [-0.1, -0.05) is 167 Å². The Hall–Kier alpha value is -7.42. The van der Waals surface area contributed by atoms with Gasteiger partial charge in [-0.2, -0.15) is 0 Å². The number of hydrogen-bond acceptors (Lipinski definition) is 1. The van der Waals surface area contributed by atoms with Gasteiger partial charge in [0.1, 0.15) is 0 Å². The third kappa shape index (κ3) is 5.36. The monoisotopic (exact) mass is 794 g/mol. The van der Waals surface area contributed by atoms with E-state index >= 15 is 0 Å². The molecule has 1 aromatic heterocycles. The molecule has 296 valence electrons. The van der Waals surface area contributed by atoms with Crippen molar-refractivity contribution in [2.45, 2.75) is 38.5 Å². The van der Waals surface area contributed by atoms with Crippen LogP contribution in [0, 0.1) is 0 Å². The minimum Gasteiger partial charge on any atom is -0.310 e. The zero-order chi connectivity index (χ0) is 41.7. The number of rotatable bonds is 6. The van der Waals surface area contributed by atoms with Crippen molar-refractivity contribution in [1.82, 2.24) is 4.57 Å². The van der Waals surface area contributed by atoms with Crippen molar-refractivity contribution < 1.29 is 0 Å². The summed E-state index contributed by atoms with van der Waals surface area (Å²) in [5.41, 5.74) is 22.5. The van der Waals surface area contributed by atoms with E-state index in [1.54, 1.807) is 0 Å². The van der Waals surface area contributed by atoms with E-state index in [1.165, 1.54) is 99.9 Å². The summed E-state index contributed by atoms with van der Waals surface area (Å²) in [4.78, 5) is 2.46. The molecule has 10 aromatic rings. The lowest BCUT2D eigenvalue weighted by Gasteiger charge is -2.29. The molecule has 2 nitrogen and oxygen atoms in total. The molecule has 0 N–H and O–H groups in total. The van der Waals surface area contributed by atoms with Crippen molar-refractivity contribution in [3.63, 3.8) is 0 Å². The maximum atomic E-state index is 2.47. The molecule has 0 saturated heterocycles. The fourth-order valence-electron chi connectivity index (χ4n) is 10.9. The molecule has 0 aliphatic heterocycles. The zero-order valence-corrected chi connectivity index (χ0v) is 35.5. The Morgan fingerprint density at radius 3 is 1.69 bits per heavy atom. The summed E-state index contributed by atoms with van der Waals surface area (Å²) in [5, 5.41) is 2.54. The molecule has 2 aliphatic rings. The van der Waals surface area contributed by atoms with Crippen LogP contribution in [-0.2, 0) is 10.8 Å². The van der Waals surface area contributed by atoms with Crippen LogP contribution in [0.2, 0.25) is 0 Å². The normalized spacial score (nSPS) is 14.1. The van der Waals surface area contributed by atoms with E-state index in [4.69, 9.17) is 0 Å². The Balaban J connectivity index is 1.02. The van der Waals surface area contributed by atoms with Crippen molar-refractivity contribution in [2.24, 2.45) is 0 Å². The van der Waals surface area contributed by atoms with Gasteiger partial charge in [0, 0.05) is 44.2 Å². The molecule has 0 bridgehead atoms. The number of aromatic nitrogens is 1. The Kier molecular flexibility index (Phi) is 7.96. The quantitative estimate of drug-likeness (QED) is 0.163. The summed E-state index contributed by atoms with van der Waals surface area (Å²) >= 11 is 0. The van der Waals surface area contributed by atoms with Gasteiger partial charge in [0.15, 0.2) is 0 Å². The second-order valence-corrected chi connectivity index (χ2v) is 18.2. The van der Waals surface area contributed by atoms with Crippen LogP contribution < -0.4 is 4.90 Å². The van der Waals surface area contributed by atoms with Gasteiger partial charge in [-0.3, -0.25) is 0 Å². The van der Waals surface area contributed by atoms with E-state index in [-0.39, 0.29) is 10.8 Å². The first-order chi connectivity index (χ1) is 30.3. The molecule has 0 unspecified atom stereocenters. The molecule has 1 heterocycles. The van der Waals surface area contributed by atoms with Crippen LogP contribution in [0.15, 0.2) is 206 Å². The maximum absolute atomic E-state index is 2.47. The molecule has 0 spiro atoms. The predicted octanol–water partition coefficient (Wildman–Crippen LogP) is 16.2. The topological polar surface area (TPSA) is 8.17 Å². The fourth-order valence-corrected chi connectivity index (χ4v) is 10.9. The van der Waals surface area contributed by atoms with Crippen LogP contribution >= 0.6 is 0 Å². The summed E-state index contributed by atoms with van der Waals surface area (Å²) in [5.74, 6) is 0. The van der Waals surface area contributed by atoms with E-state index in [9.17, 15) is 0 Å². The average molecular weight is 795 g/mol. The minimum absolute atomic E-state index is 0.0822.